The number of hydrogen-bond acceptors (Lipinski definition) is 4. The minimum Gasteiger partial charge on any atom is -0.494 e. The van der Waals surface area contributed by atoms with E-state index in [0.717, 1.165) is 18.0 Å². The monoisotopic (exact) mass is 259 g/mol. The quantitative estimate of drug-likeness (QED) is 0.734. The molecular weight excluding hydrogens is 242 g/mol. The number of benzene rings is 1. The first-order valence-electron chi connectivity index (χ1n) is 5.25. The van der Waals surface area contributed by atoms with E-state index in [2.05, 4.69) is 0 Å². The van der Waals surface area contributed by atoms with Crippen LogP contribution in [0.2, 0.25) is 0 Å². The summed E-state index contributed by atoms with van der Waals surface area (Å²) in [6.07, 6.45) is 0. The van der Waals surface area contributed by atoms with Gasteiger partial charge in [-0.05, 0) is 0 Å². The van der Waals surface area contributed by atoms with Crippen molar-refractivity contribution in [1.29, 1.82) is 0 Å². The summed E-state index contributed by atoms with van der Waals surface area (Å²) in [7, 11) is 6.78. The van der Waals surface area contributed by atoms with E-state index in [9.17, 15) is 0 Å². The van der Waals surface area contributed by atoms with Crippen LogP contribution in [0.4, 0.5) is 5.69 Å². The zero-order valence-corrected chi connectivity index (χ0v) is 11.4. The molecule has 1 aromatic rings. The second kappa shape index (κ2) is 6.45. The molecule has 96 valence electrons. The molecule has 0 saturated heterocycles. The third kappa shape index (κ3) is 3.09. The van der Waals surface area contributed by atoms with Crippen molar-refractivity contribution < 1.29 is 14.2 Å². The van der Waals surface area contributed by atoms with E-state index < -0.39 is 0 Å². The van der Waals surface area contributed by atoms with E-state index in [-0.39, 0.29) is 0 Å². The van der Waals surface area contributed by atoms with E-state index >= 15 is 0 Å². The summed E-state index contributed by atoms with van der Waals surface area (Å²) in [4.78, 5) is 2.01. The lowest BCUT2D eigenvalue weighted by molar-refractivity contribution is 0.349. The van der Waals surface area contributed by atoms with Gasteiger partial charge in [-0.3, -0.25) is 0 Å². The molecule has 0 spiro atoms. The van der Waals surface area contributed by atoms with Crippen LogP contribution in [0.3, 0.4) is 0 Å². The molecule has 0 aliphatic carbocycles. The number of methoxy groups -OCH3 is 3. The zero-order chi connectivity index (χ0) is 12.8. The largest absolute Gasteiger partial charge is 0.494 e. The third-order valence-electron chi connectivity index (χ3n) is 2.52. The second-order valence-electron chi connectivity index (χ2n) is 3.49. The molecule has 0 bridgehead atoms. The summed E-state index contributed by atoms with van der Waals surface area (Å²) in [5.74, 6) is 2.60. The van der Waals surface area contributed by atoms with Gasteiger partial charge in [-0.15, -0.1) is 11.6 Å². The summed E-state index contributed by atoms with van der Waals surface area (Å²) in [6.45, 7) is 0.730. The molecule has 0 saturated carbocycles. The van der Waals surface area contributed by atoms with Crippen molar-refractivity contribution in [3.05, 3.63) is 12.1 Å². The Labute approximate surface area is 107 Å². The minimum atomic E-state index is 0.550. The topological polar surface area (TPSA) is 30.9 Å². The molecule has 0 atom stereocenters. The highest BCUT2D eigenvalue weighted by atomic mass is 35.5. The second-order valence-corrected chi connectivity index (χ2v) is 3.87. The van der Waals surface area contributed by atoms with Crippen LogP contribution in [0, 0.1) is 0 Å². The van der Waals surface area contributed by atoms with Gasteiger partial charge >= 0.3 is 0 Å². The molecule has 0 aromatic heterocycles. The lowest BCUT2D eigenvalue weighted by Gasteiger charge is -2.22. The van der Waals surface area contributed by atoms with Gasteiger partial charge in [0, 0.05) is 31.6 Å². The van der Waals surface area contributed by atoms with Gasteiger partial charge in [0.05, 0.1) is 27.0 Å². The van der Waals surface area contributed by atoms with Crippen LogP contribution in [0.25, 0.3) is 0 Å². The van der Waals surface area contributed by atoms with Crippen molar-refractivity contribution in [3.63, 3.8) is 0 Å². The Morgan fingerprint density at radius 2 is 1.53 bits per heavy atom. The molecule has 0 amide bonds. The van der Waals surface area contributed by atoms with Crippen molar-refractivity contribution in [2.45, 2.75) is 0 Å². The Bertz CT molecular complexity index is 371. The fourth-order valence-corrected chi connectivity index (χ4v) is 1.81. The molecular formula is C12H18ClNO3. The van der Waals surface area contributed by atoms with Crippen molar-refractivity contribution in [2.75, 3.05) is 45.7 Å². The minimum absolute atomic E-state index is 0.550. The Morgan fingerprint density at radius 1 is 1.00 bits per heavy atom. The normalized spacial score (nSPS) is 9.94. The highest BCUT2D eigenvalue weighted by Gasteiger charge is 2.14. The van der Waals surface area contributed by atoms with Gasteiger partial charge in [0.15, 0.2) is 11.5 Å². The standard InChI is InChI=1S/C12H18ClNO3/c1-14(6-5-13)9-7-11(16-3)12(17-4)8-10(9)15-2/h7-8H,5-6H2,1-4H3. The van der Waals surface area contributed by atoms with Crippen LogP contribution in [0.15, 0.2) is 12.1 Å². The van der Waals surface area contributed by atoms with E-state index in [1.165, 1.54) is 0 Å². The van der Waals surface area contributed by atoms with Gasteiger partial charge in [-0.25, -0.2) is 0 Å². The Morgan fingerprint density at radius 3 is 2.00 bits per heavy atom. The summed E-state index contributed by atoms with van der Waals surface area (Å²) in [5.41, 5.74) is 0.922. The molecule has 0 radical (unpaired) electrons. The highest BCUT2D eigenvalue weighted by molar-refractivity contribution is 6.18. The zero-order valence-electron chi connectivity index (χ0n) is 10.6. The van der Waals surface area contributed by atoms with Crippen molar-refractivity contribution in [1.82, 2.24) is 0 Å². The lowest BCUT2D eigenvalue weighted by Crippen LogP contribution is -2.20. The first-order valence-corrected chi connectivity index (χ1v) is 5.78. The number of alkyl halides is 1. The van der Waals surface area contributed by atoms with Crippen molar-refractivity contribution in [3.8, 4) is 17.2 Å². The van der Waals surface area contributed by atoms with E-state index in [0.29, 0.717) is 17.4 Å². The van der Waals surface area contributed by atoms with Gasteiger partial charge < -0.3 is 19.1 Å². The fourth-order valence-electron chi connectivity index (χ4n) is 1.56. The Hall–Kier alpha value is -1.29. The van der Waals surface area contributed by atoms with Crippen molar-refractivity contribution >= 4 is 17.3 Å². The Kier molecular flexibility index (Phi) is 5.22. The van der Waals surface area contributed by atoms with E-state index in [1.807, 2.05) is 18.0 Å². The van der Waals surface area contributed by atoms with Gasteiger partial charge in [0.2, 0.25) is 0 Å². The van der Waals surface area contributed by atoms with Gasteiger partial charge in [0.1, 0.15) is 5.75 Å². The molecule has 1 aromatic carbocycles. The number of ether oxygens (including phenoxy) is 3. The fraction of sp³-hybridized carbons (Fsp3) is 0.500. The highest BCUT2D eigenvalue weighted by Crippen LogP contribution is 2.39. The van der Waals surface area contributed by atoms with E-state index in [4.69, 9.17) is 25.8 Å². The van der Waals surface area contributed by atoms with Crippen LogP contribution in [0.1, 0.15) is 0 Å². The van der Waals surface area contributed by atoms with E-state index in [1.54, 1.807) is 27.4 Å². The van der Waals surface area contributed by atoms with Crippen LogP contribution in [-0.2, 0) is 0 Å². The Balaban J connectivity index is 3.18. The van der Waals surface area contributed by atoms with Crippen molar-refractivity contribution in [2.24, 2.45) is 0 Å². The average molecular weight is 260 g/mol. The number of nitrogens with zero attached hydrogens (tertiary/aromatic N) is 1. The van der Waals surface area contributed by atoms with Crippen LogP contribution in [-0.4, -0.2) is 40.8 Å². The molecule has 0 aliphatic rings. The van der Waals surface area contributed by atoms with Gasteiger partial charge in [-0.2, -0.15) is 0 Å². The third-order valence-corrected chi connectivity index (χ3v) is 2.69. The molecule has 5 heteroatoms. The predicted octanol–water partition coefficient (Wildman–Crippen LogP) is 2.39. The van der Waals surface area contributed by atoms with Crippen LogP contribution >= 0.6 is 11.6 Å². The average Bonchev–Trinajstić information content (AvgIpc) is 2.37. The van der Waals surface area contributed by atoms with Crippen LogP contribution < -0.4 is 19.1 Å². The summed E-state index contributed by atoms with van der Waals surface area (Å²) < 4.78 is 15.8. The smallest absolute Gasteiger partial charge is 0.164 e. The summed E-state index contributed by atoms with van der Waals surface area (Å²) >= 11 is 5.74. The lowest BCUT2D eigenvalue weighted by atomic mass is 10.2. The molecule has 0 fully saturated rings. The SMILES string of the molecule is COc1cc(OC)c(N(C)CCCl)cc1OC. The molecule has 0 unspecified atom stereocenters. The molecule has 17 heavy (non-hydrogen) atoms. The van der Waals surface area contributed by atoms with Gasteiger partial charge in [-0.1, -0.05) is 0 Å². The molecule has 1 rings (SSSR count). The maximum Gasteiger partial charge on any atom is 0.164 e. The molecule has 0 aliphatic heterocycles. The summed E-state index contributed by atoms with van der Waals surface area (Å²) in [6, 6.07) is 3.68. The first kappa shape index (κ1) is 13.8. The maximum absolute atomic E-state index is 5.74. The van der Waals surface area contributed by atoms with Gasteiger partial charge in [0.25, 0.3) is 0 Å². The molecule has 4 nitrogen and oxygen atoms in total. The predicted molar refractivity (Wildman–Crippen MR) is 70.1 cm³/mol. The maximum atomic E-state index is 5.74. The number of rotatable bonds is 6. The first-order chi connectivity index (χ1) is 8.17. The number of hydrogen-bond donors (Lipinski definition) is 0. The number of anilines is 1. The molecule has 0 N–H and O–H groups in total. The summed E-state index contributed by atoms with van der Waals surface area (Å²) in [5, 5.41) is 0. The molecule has 0 heterocycles. The van der Waals surface area contributed by atoms with Crippen LogP contribution in [0.5, 0.6) is 17.2 Å². The number of halogens is 1.